The summed E-state index contributed by atoms with van der Waals surface area (Å²) in [7, 11) is 1.57. The maximum absolute atomic E-state index is 12.4. The second-order valence-corrected chi connectivity index (χ2v) is 11.6. The molecule has 1 aliphatic rings. The van der Waals surface area contributed by atoms with Crippen molar-refractivity contribution >= 4 is 44.4 Å². The number of aromatic nitrogens is 4. The minimum absolute atomic E-state index is 0.0666. The number of carbonyl (C=O) groups is 1. The van der Waals surface area contributed by atoms with Crippen LogP contribution in [-0.4, -0.2) is 57.5 Å². The van der Waals surface area contributed by atoms with Crippen LogP contribution in [-0.2, 0) is 0 Å². The number of ether oxygens (including phenoxy) is 3. The number of hydrogen-bond donors (Lipinski definition) is 1. The minimum Gasteiger partial charge on any atom is -0.484 e. The van der Waals surface area contributed by atoms with Gasteiger partial charge in [0, 0.05) is 17.3 Å². The number of rotatable bonds is 6. The van der Waals surface area contributed by atoms with E-state index in [1.54, 1.807) is 25.7 Å². The average Bonchev–Trinajstić information content (AvgIpc) is 3.49. The van der Waals surface area contributed by atoms with Gasteiger partial charge in [-0.1, -0.05) is 30.3 Å². The minimum atomic E-state index is -1.10. The molecule has 11 heteroatoms. The first-order valence-electron chi connectivity index (χ1n) is 13.9. The van der Waals surface area contributed by atoms with Crippen molar-refractivity contribution in [1.82, 2.24) is 19.9 Å². The van der Waals surface area contributed by atoms with E-state index in [2.05, 4.69) is 21.0 Å². The third-order valence-corrected chi connectivity index (χ3v) is 8.54. The molecule has 0 saturated heterocycles. The van der Waals surface area contributed by atoms with Gasteiger partial charge in [-0.3, -0.25) is 9.88 Å². The van der Waals surface area contributed by atoms with Crippen LogP contribution in [0.25, 0.3) is 42.9 Å². The van der Waals surface area contributed by atoms with Gasteiger partial charge in [-0.2, -0.15) is 0 Å². The Bertz CT molecular complexity index is 2050. The lowest BCUT2D eigenvalue weighted by Crippen LogP contribution is -2.43. The van der Waals surface area contributed by atoms with E-state index < -0.39 is 12.2 Å². The van der Waals surface area contributed by atoms with E-state index in [1.165, 1.54) is 16.2 Å². The number of thiazole rings is 1. The van der Waals surface area contributed by atoms with Crippen LogP contribution in [0.1, 0.15) is 11.1 Å². The molecule has 1 aliphatic heterocycles. The number of anilines is 1. The average molecular weight is 606 g/mol. The van der Waals surface area contributed by atoms with E-state index in [0.717, 1.165) is 54.1 Å². The van der Waals surface area contributed by atoms with Crippen LogP contribution in [0, 0.1) is 13.8 Å². The Morgan fingerprint density at radius 3 is 2.68 bits per heavy atom. The van der Waals surface area contributed by atoms with Gasteiger partial charge in [-0.25, -0.2) is 19.7 Å². The molecular formula is C33H27N5O5S. The summed E-state index contributed by atoms with van der Waals surface area (Å²) in [6, 6.07) is 17.5. The molecular weight excluding hydrogens is 578 g/mol. The number of fused-ring (bicyclic) bond motifs is 4. The Kier molecular flexibility index (Phi) is 6.94. The van der Waals surface area contributed by atoms with Gasteiger partial charge in [0.15, 0.2) is 17.6 Å². The Labute approximate surface area is 256 Å². The second kappa shape index (κ2) is 11.1. The van der Waals surface area contributed by atoms with Gasteiger partial charge in [-0.15, -0.1) is 11.3 Å². The monoisotopic (exact) mass is 605 g/mol. The van der Waals surface area contributed by atoms with Crippen LogP contribution in [0.3, 0.4) is 0 Å². The summed E-state index contributed by atoms with van der Waals surface area (Å²) >= 11 is 1.50. The van der Waals surface area contributed by atoms with Gasteiger partial charge in [0.25, 0.3) is 0 Å². The van der Waals surface area contributed by atoms with Crippen molar-refractivity contribution in [3.8, 4) is 39.1 Å². The lowest BCUT2D eigenvalue weighted by Gasteiger charge is -2.30. The molecule has 10 nitrogen and oxygen atoms in total. The highest BCUT2D eigenvalue weighted by atomic mass is 32.1. The van der Waals surface area contributed by atoms with Gasteiger partial charge in [0.2, 0.25) is 5.88 Å². The van der Waals surface area contributed by atoms with E-state index in [9.17, 15) is 9.90 Å². The van der Waals surface area contributed by atoms with Gasteiger partial charge in [0.05, 0.1) is 48.3 Å². The summed E-state index contributed by atoms with van der Waals surface area (Å²) in [5.41, 5.74) is 7.34. The number of carboxylic acid groups (broad SMARTS) is 1. The zero-order chi connectivity index (χ0) is 30.4. The molecule has 0 radical (unpaired) electrons. The second-order valence-electron chi connectivity index (χ2n) is 10.6. The molecule has 1 amide bonds. The van der Waals surface area contributed by atoms with Crippen LogP contribution < -0.4 is 19.1 Å². The van der Waals surface area contributed by atoms with E-state index in [4.69, 9.17) is 19.2 Å². The highest BCUT2D eigenvalue weighted by Gasteiger charge is 2.30. The van der Waals surface area contributed by atoms with E-state index >= 15 is 0 Å². The first-order valence-corrected chi connectivity index (χ1v) is 14.8. The third-order valence-electron chi connectivity index (χ3n) is 7.45. The molecule has 0 spiro atoms. The van der Waals surface area contributed by atoms with E-state index in [1.807, 2.05) is 62.4 Å². The summed E-state index contributed by atoms with van der Waals surface area (Å²) in [6.07, 6.45) is 3.23. The van der Waals surface area contributed by atoms with Crippen molar-refractivity contribution in [3.63, 3.8) is 0 Å². The fourth-order valence-electron chi connectivity index (χ4n) is 5.37. The number of aryl methyl sites for hydroxylation is 2. The van der Waals surface area contributed by atoms with Crippen LogP contribution in [0.4, 0.5) is 10.5 Å². The summed E-state index contributed by atoms with van der Waals surface area (Å²) in [6.45, 7) is 4.22. The lowest BCUT2D eigenvalue weighted by atomic mass is 10.1. The number of methoxy groups -OCH3 is 1. The molecule has 1 N–H and O–H groups in total. The molecule has 1 unspecified atom stereocenters. The molecule has 0 aliphatic carbocycles. The van der Waals surface area contributed by atoms with Gasteiger partial charge >= 0.3 is 6.09 Å². The quantitative estimate of drug-likeness (QED) is 0.216. The van der Waals surface area contributed by atoms with Gasteiger partial charge < -0.3 is 19.3 Å². The molecule has 220 valence electrons. The Balaban J connectivity index is 1.19. The number of benzene rings is 3. The van der Waals surface area contributed by atoms with Gasteiger partial charge in [-0.05, 0) is 54.8 Å². The molecule has 3 aromatic carbocycles. The number of amides is 1. The highest BCUT2D eigenvalue weighted by molar-refractivity contribution is 7.22. The van der Waals surface area contributed by atoms with E-state index in [0.29, 0.717) is 23.1 Å². The molecule has 0 bridgehead atoms. The predicted molar refractivity (Wildman–Crippen MR) is 169 cm³/mol. The number of nitrogens with zero attached hydrogens (tertiary/aromatic N) is 5. The molecule has 4 heterocycles. The number of pyridine rings is 1. The van der Waals surface area contributed by atoms with E-state index in [-0.39, 0.29) is 13.2 Å². The third kappa shape index (κ3) is 5.01. The van der Waals surface area contributed by atoms with Crippen molar-refractivity contribution in [2.75, 3.05) is 25.2 Å². The SMILES string of the molecule is COc1cnc2c(-c3nc4c(C)cc5c(c4s3)OCC(CN(C(=O)O)c3cncc(-c4ccccc4)c3)O5)cc(C)cc2n1. The summed E-state index contributed by atoms with van der Waals surface area (Å²) in [4.78, 5) is 32.1. The normalized spacial score (nSPS) is 14.1. The first kappa shape index (κ1) is 27.5. The van der Waals surface area contributed by atoms with Gasteiger partial charge in [0.1, 0.15) is 16.3 Å². The largest absolute Gasteiger partial charge is 0.484 e. The zero-order valence-electron chi connectivity index (χ0n) is 24.1. The van der Waals surface area contributed by atoms with Crippen molar-refractivity contribution in [1.29, 1.82) is 0 Å². The van der Waals surface area contributed by atoms with Crippen LogP contribution in [0.2, 0.25) is 0 Å². The maximum atomic E-state index is 12.4. The topological polar surface area (TPSA) is 120 Å². The Hall–Kier alpha value is -5.29. The fraction of sp³-hybridized carbons (Fsp3) is 0.182. The summed E-state index contributed by atoms with van der Waals surface area (Å²) in [5.74, 6) is 1.61. The Morgan fingerprint density at radius 1 is 1.05 bits per heavy atom. The molecule has 0 saturated carbocycles. The predicted octanol–water partition coefficient (Wildman–Crippen LogP) is 6.92. The number of hydrogen-bond acceptors (Lipinski definition) is 9. The maximum Gasteiger partial charge on any atom is 0.411 e. The van der Waals surface area contributed by atoms with Crippen molar-refractivity contribution < 1.29 is 24.1 Å². The van der Waals surface area contributed by atoms with Crippen LogP contribution >= 0.6 is 11.3 Å². The molecule has 1 atom stereocenters. The smallest absolute Gasteiger partial charge is 0.411 e. The fourth-order valence-corrected chi connectivity index (χ4v) is 6.53. The summed E-state index contributed by atoms with van der Waals surface area (Å²) < 4.78 is 18.8. The molecule has 6 aromatic rings. The van der Waals surface area contributed by atoms with Crippen molar-refractivity contribution in [2.45, 2.75) is 20.0 Å². The zero-order valence-corrected chi connectivity index (χ0v) is 25.0. The standard InChI is InChI=1S/C33H27N5O5S/c1-18-9-24(29-25(10-18)36-27(41-3)15-35-29)32-37-28-19(2)11-26-30(31(28)44-32)42-17-23(43-26)16-38(33(39)40)22-12-21(13-34-14-22)20-7-5-4-6-8-20/h4-15,23H,16-17H2,1-3H3,(H,39,40). The van der Waals surface area contributed by atoms with Crippen molar-refractivity contribution in [3.05, 3.63) is 84.3 Å². The summed E-state index contributed by atoms with van der Waals surface area (Å²) in [5, 5.41) is 10.9. The van der Waals surface area contributed by atoms with Crippen LogP contribution in [0.5, 0.6) is 17.4 Å². The van der Waals surface area contributed by atoms with Crippen molar-refractivity contribution in [2.24, 2.45) is 0 Å². The highest BCUT2D eigenvalue weighted by Crippen LogP contribution is 2.46. The molecule has 0 fully saturated rings. The molecule has 7 rings (SSSR count). The first-order chi connectivity index (χ1) is 21.4. The lowest BCUT2D eigenvalue weighted by molar-refractivity contribution is 0.0961. The van der Waals surface area contributed by atoms with Crippen LogP contribution in [0.15, 0.2) is 73.2 Å². The molecule has 3 aromatic heterocycles. The molecule has 44 heavy (non-hydrogen) atoms. The Morgan fingerprint density at radius 2 is 1.89 bits per heavy atom.